The van der Waals surface area contributed by atoms with Crippen LogP contribution in [0.3, 0.4) is 0 Å². The van der Waals surface area contributed by atoms with Gasteiger partial charge >= 0.3 is 0 Å². The van der Waals surface area contributed by atoms with Crippen molar-refractivity contribution in [2.45, 2.75) is 19.9 Å². The zero-order valence-electron chi connectivity index (χ0n) is 16.3. The van der Waals surface area contributed by atoms with E-state index >= 15 is 0 Å². The minimum absolute atomic E-state index is 0.235. The summed E-state index contributed by atoms with van der Waals surface area (Å²) in [7, 11) is 2.99. The quantitative estimate of drug-likeness (QED) is 0.650. The van der Waals surface area contributed by atoms with E-state index in [9.17, 15) is 4.79 Å². The van der Waals surface area contributed by atoms with Gasteiger partial charge in [0.05, 0.1) is 14.2 Å². The number of rotatable bonds is 8. The number of nitrogens with zero attached hydrogens (tertiary/aromatic N) is 3. The van der Waals surface area contributed by atoms with E-state index in [0.29, 0.717) is 24.4 Å². The molecule has 0 spiro atoms. The van der Waals surface area contributed by atoms with E-state index in [2.05, 4.69) is 32.0 Å². The highest BCUT2D eigenvalue weighted by Gasteiger charge is 2.15. The Morgan fingerprint density at radius 3 is 2.61 bits per heavy atom. The Bertz CT molecular complexity index is 938. The van der Waals surface area contributed by atoms with E-state index in [1.807, 2.05) is 31.3 Å². The van der Waals surface area contributed by atoms with E-state index in [-0.39, 0.29) is 11.8 Å². The van der Waals surface area contributed by atoms with Gasteiger partial charge in [-0.2, -0.15) is 4.98 Å². The third-order valence-corrected chi connectivity index (χ3v) is 4.44. The van der Waals surface area contributed by atoms with Crippen LogP contribution in [-0.2, 0) is 13.0 Å². The fourth-order valence-corrected chi connectivity index (χ4v) is 2.94. The maximum Gasteiger partial charge on any atom is 0.256 e. The van der Waals surface area contributed by atoms with Gasteiger partial charge < -0.3 is 19.4 Å². The van der Waals surface area contributed by atoms with Crippen molar-refractivity contribution in [2.24, 2.45) is 0 Å². The molecule has 0 aliphatic rings. The van der Waals surface area contributed by atoms with Crippen LogP contribution in [0, 0.1) is 6.92 Å². The molecule has 7 heteroatoms. The van der Waals surface area contributed by atoms with Crippen molar-refractivity contribution in [3.8, 4) is 11.8 Å². The zero-order valence-corrected chi connectivity index (χ0v) is 16.3. The summed E-state index contributed by atoms with van der Waals surface area (Å²) in [6, 6.07) is 13.5. The van der Waals surface area contributed by atoms with Crippen LogP contribution in [0.5, 0.6) is 11.8 Å². The van der Waals surface area contributed by atoms with Crippen molar-refractivity contribution in [3.63, 3.8) is 0 Å². The number of methoxy groups -OCH3 is 2. The minimum Gasteiger partial charge on any atom is -0.481 e. The number of aromatic nitrogens is 3. The SMILES string of the molecule is COc1ccc(C(=O)NCCc2ncc(C)n2Cc2ccccc2)c(OC)n1. The molecule has 3 rings (SSSR count). The molecule has 0 bridgehead atoms. The molecule has 28 heavy (non-hydrogen) atoms. The second-order valence-corrected chi connectivity index (χ2v) is 6.30. The lowest BCUT2D eigenvalue weighted by atomic mass is 10.2. The van der Waals surface area contributed by atoms with E-state index in [0.717, 1.165) is 18.1 Å². The largest absolute Gasteiger partial charge is 0.481 e. The highest BCUT2D eigenvalue weighted by atomic mass is 16.5. The predicted octanol–water partition coefficient (Wildman–Crippen LogP) is 2.62. The second-order valence-electron chi connectivity index (χ2n) is 6.30. The molecule has 0 saturated heterocycles. The molecule has 3 aromatic rings. The van der Waals surface area contributed by atoms with Crippen molar-refractivity contribution in [3.05, 3.63) is 71.3 Å². The van der Waals surface area contributed by atoms with Crippen LogP contribution in [-0.4, -0.2) is 41.2 Å². The topological polar surface area (TPSA) is 78.3 Å². The van der Waals surface area contributed by atoms with E-state index in [1.165, 1.54) is 19.8 Å². The van der Waals surface area contributed by atoms with Crippen LogP contribution in [0.2, 0.25) is 0 Å². The first-order valence-corrected chi connectivity index (χ1v) is 9.04. The molecule has 0 aliphatic carbocycles. The summed E-state index contributed by atoms with van der Waals surface area (Å²) in [5.74, 6) is 1.32. The number of carbonyl (C=O) groups excluding carboxylic acids is 1. The highest BCUT2D eigenvalue weighted by Crippen LogP contribution is 2.19. The van der Waals surface area contributed by atoms with Gasteiger partial charge in [0.2, 0.25) is 11.8 Å². The van der Waals surface area contributed by atoms with Gasteiger partial charge in [0.15, 0.2) is 0 Å². The minimum atomic E-state index is -0.245. The first kappa shape index (κ1) is 19.4. The number of amides is 1. The molecule has 1 N–H and O–H groups in total. The molecule has 0 aliphatic heterocycles. The summed E-state index contributed by atoms with van der Waals surface area (Å²) >= 11 is 0. The van der Waals surface area contributed by atoms with Crippen LogP contribution in [0.4, 0.5) is 0 Å². The molecular formula is C21H24N4O3. The van der Waals surface area contributed by atoms with Crippen LogP contribution >= 0.6 is 0 Å². The van der Waals surface area contributed by atoms with Crippen LogP contribution < -0.4 is 14.8 Å². The van der Waals surface area contributed by atoms with Gasteiger partial charge in [-0.3, -0.25) is 4.79 Å². The number of hydrogen-bond acceptors (Lipinski definition) is 5. The normalized spacial score (nSPS) is 10.5. The lowest BCUT2D eigenvalue weighted by molar-refractivity contribution is 0.0950. The number of hydrogen-bond donors (Lipinski definition) is 1. The molecule has 0 saturated carbocycles. The van der Waals surface area contributed by atoms with Gasteiger partial charge in [0.25, 0.3) is 5.91 Å². The van der Waals surface area contributed by atoms with Gasteiger partial charge in [-0.15, -0.1) is 0 Å². The summed E-state index contributed by atoms with van der Waals surface area (Å²) in [6.45, 7) is 3.25. The molecule has 7 nitrogen and oxygen atoms in total. The van der Waals surface area contributed by atoms with Crippen molar-refractivity contribution < 1.29 is 14.3 Å². The number of ether oxygens (including phenoxy) is 2. The van der Waals surface area contributed by atoms with Crippen LogP contribution in [0.25, 0.3) is 0 Å². The molecule has 2 aromatic heterocycles. The second kappa shape index (κ2) is 9.03. The van der Waals surface area contributed by atoms with Crippen molar-refractivity contribution in [1.82, 2.24) is 19.9 Å². The number of carbonyl (C=O) groups is 1. The molecule has 1 amide bonds. The number of pyridine rings is 1. The van der Waals surface area contributed by atoms with Gasteiger partial charge in [0.1, 0.15) is 11.4 Å². The third-order valence-electron chi connectivity index (χ3n) is 4.44. The summed E-state index contributed by atoms with van der Waals surface area (Å²) in [5, 5.41) is 2.91. The summed E-state index contributed by atoms with van der Waals surface area (Å²) < 4.78 is 12.4. The van der Waals surface area contributed by atoms with Crippen molar-refractivity contribution in [1.29, 1.82) is 0 Å². The first-order valence-electron chi connectivity index (χ1n) is 9.04. The summed E-state index contributed by atoms with van der Waals surface area (Å²) in [4.78, 5) is 21.1. The maximum atomic E-state index is 12.5. The fourth-order valence-electron chi connectivity index (χ4n) is 2.94. The van der Waals surface area contributed by atoms with Gasteiger partial charge in [-0.05, 0) is 18.6 Å². The average molecular weight is 380 g/mol. The Balaban J connectivity index is 1.63. The monoisotopic (exact) mass is 380 g/mol. The maximum absolute atomic E-state index is 12.5. The molecule has 0 atom stereocenters. The summed E-state index contributed by atoms with van der Waals surface area (Å²) in [6.07, 6.45) is 2.48. The Labute approximate surface area is 164 Å². The zero-order chi connectivity index (χ0) is 19.9. The number of benzene rings is 1. The molecule has 0 unspecified atom stereocenters. The molecule has 146 valence electrons. The Kier molecular flexibility index (Phi) is 6.26. The average Bonchev–Trinajstić information content (AvgIpc) is 3.07. The lowest BCUT2D eigenvalue weighted by Crippen LogP contribution is -2.27. The number of nitrogens with one attached hydrogen (secondary N) is 1. The van der Waals surface area contributed by atoms with Crippen molar-refractivity contribution >= 4 is 5.91 Å². The standard InChI is InChI=1S/C21H24N4O3/c1-15-13-23-18(25(15)14-16-7-5-4-6-8-16)11-12-22-20(26)17-9-10-19(27-2)24-21(17)28-3/h4-10,13H,11-12,14H2,1-3H3,(H,22,26). The smallest absolute Gasteiger partial charge is 0.256 e. The molecular weight excluding hydrogens is 356 g/mol. The molecule has 0 radical (unpaired) electrons. The molecule has 1 aromatic carbocycles. The first-order chi connectivity index (χ1) is 13.6. The van der Waals surface area contributed by atoms with Gasteiger partial charge in [-0.1, -0.05) is 30.3 Å². The predicted molar refractivity (Wildman–Crippen MR) is 106 cm³/mol. The highest BCUT2D eigenvalue weighted by molar-refractivity contribution is 5.96. The van der Waals surface area contributed by atoms with Crippen LogP contribution in [0.1, 0.15) is 27.4 Å². The van der Waals surface area contributed by atoms with E-state index in [1.54, 1.807) is 12.1 Å². The van der Waals surface area contributed by atoms with Gasteiger partial charge in [-0.25, -0.2) is 4.98 Å². The summed E-state index contributed by atoms with van der Waals surface area (Å²) in [5.41, 5.74) is 2.67. The van der Waals surface area contributed by atoms with E-state index in [4.69, 9.17) is 9.47 Å². The Morgan fingerprint density at radius 2 is 1.89 bits per heavy atom. The number of imidazole rings is 1. The molecule has 0 fully saturated rings. The number of aryl methyl sites for hydroxylation is 1. The van der Waals surface area contributed by atoms with Crippen LogP contribution in [0.15, 0.2) is 48.7 Å². The molecule has 2 heterocycles. The lowest BCUT2D eigenvalue weighted by Gasteiger charge is -2.12. The Morgan fingerprint density at radius 1 is 1.11 bits per heavy atom. The third kappa shape index (κ3) is 4.49. The van der Waals surface area contributed by atoms with E-state index < -0.39 is 0 Å². The van der Waals surface area contributed by atoms with Crippen molar-refractivity contribution in [2.75, 3.05) is 20.8 Å². The Hall–Kier alpha value is -3.35. The fraction of sp³-hybridized carbons (Fsp3) is 0.286. The van der Waals surface area contributed by atoms with Gasteiger partial charge in [0, 0.05) is 37.5 Å².